The van der Waals surface area contributed by atoms with Crippen molar-refractivity contribution in [3.8, 4) is 5.69 Å². The van der Waals surface area contributed by atoms with Crippen molar-refractivity contribution < 1.29 is 8.42 Å². The number of rotatable bonds is 4. The summed E-state index contributed by atoms with van der Waals surface area (Å²) in [5.74, 6) is 0.714. The summed E-state index contributed by atoms with van der Waals surface area (Å²) >= 11 is 0. The normalized spacial score (nSPS) is 16.7. The maximum absolute atomic E-state index is 11.6. The molecular formula is C17H18N6O2S. The zero-order valence-corrected chi connectivity index (χ0v) is 15.0. The van der Waals surface area contributed by atoms with E-state index in [0.29, 0.717) is 12.4 Å². The predicted octanol–water partition coefficient (Wildman–Crippen LogP) is 1.26. The molecule has 0 saturated carbocycles. The maximum atomic E-state index is 11.6. The number of hydrogen-bond donors (Lipinski definition) is 1. The Labute approximate surface area is 151 Å². The molecule has 0 amide bonds. The van der Waals surface area contributed by atoms with Crippen molar-refractivity contribution in [2.24, 2.45) is 5.14 Å². The zero-order chi connectivity index (χ0) is 18.3. The fraction of sp³-hybridized carbons (Fsp3) is 0.235. The van der Waals surface area contributed by atoms with Crippen molar-refractivity contribution in [1.29, 1.82) is 0 Å². The lowest BCUT2D eigenvalue weighted by Crippen LogP contribution is -2.30. The number of fused-ring (bicyclic) bond motifs is 1. The van der Waals surface area contributed by atoms with Gasteiger partial charge >= 0.3 is 0 Å². The topological polar surface area (TPSA) is 107 Å². The van der Waals surface area contributed by atoms with Crippen LogP contribution in [0.2, 0.25) is 0 Å². The minimum atomic E-state index is -3.71. The first-order valence-electron chi connectivity index (χ1n) is 8.18. The summed E-state index contributed by atoms with van der Waals surface area (Å²) in [6.45, 7) is 2.61. The SMILES string of the molecule is C[C@@H]1Cc2cc(S(N)(=O)=O)ccc2N1Cc1nnnn1-c1ccccc1. The van der Waals surface area contributed by atoms with Crippen LogP contribution in [0.15, 0.2) is 53.4 Å². The number of sulfonamides is 1. The van der Waals surface area contributed by atoms with E-state index in [4.69, 9.17) is 5.14 Å². The van der Waals surface area contributed by atoms with Crippen molar-refractivity contribution in [3.63, 3.8) is 0 Å². The van der Waals surface area contributed by atoms with Crippen molar-refractivity contribution in [2.45, 2.75) is 30.8 Å². The molecule has 0 bridgehead atoms. The molecule has 2 aromatic carbocycles. The van der Waals surface area contributed by atoms with Crippen LogP contribution in [-0.4, -0.2) is 34.7 Å². The molecule has 2 N–H and O–H groups in total. The zero-order valence-electron chi connectivity index (χ0n) is 14.1. The van der Waals surface area contributed by atoms with Gasteiger partial charge in [-0.3, -0.25) is 0 Å². The fourth-order valence-corrected chi connectivity index (χ4v) is 3.88. The van der Waals surface area contributed by atoms with Gasteiger partial charge in [0.1, 0.15) is 0 Å². The van der Waals surface area contributed by atoms with E-state index in [0.717, 1.165) is 23.4 Å². The van der Waals surface area contributed by atoms with Gasteiger partial charge in [0.15, 0.2) is 5.82 Å². The second kappa shape index (κ2) is 6.19. The smallest absolute Gasteiger partial charge is 0.238 e. The Morgan fingerprint density at radius 3 is 2.69 bits per heavy atom. The van der Waals surface area contributed by atoms with E-state index in [2.05, 4.69) is 27.3 Å². The van der Waals surface area contributed by atoms with Crippen molar-refractivity contribution >= 4 is 15.7 Å². The average molecular weight is 370 g/mol. The molecule has 4 rings (SSSR count). The van der Waals surface area contributed by atoms with Gasteiger partial charge in [-0.15, -0.1) is 5.10 Å². The van der Waals surface area contributed by atoms with Crippen molar-refractivity contribution in [3.05, 3.63) is 59.9 Å². The molecule has 1 aromatic heterocycles. The third-order valence-electron chi connectivity index (χ3n) is 4.58. The Hall–Kier alpha value is -2.78. The molecule has 9 heteroatoms. The molecule has 0 aliphatic carbocycles. The van der Waals surface area contributed by atoms with Gasteiger partial charge in [-0.1, -0.05) is 18.2 Å². The van der Waals surface area contributed by atoms with Crippen LogP contribution in [0.1, 0.15) is 18.3 Å². The Balaban J connectivity index is 1.67. The van der Waals surface area contributed by atoms with Crippen LogP contribution in [0, 0.1) is 0 Å². The summed E-state index contributed by atoms with van der Waals surface area (Å²) in [4.78, 5) is 2.31. The number of primary sulfonamides is 1. The Morgan fingerprint density at radius 2 is 1.96 bits per heavy atom. The van der Waals surface area contributed by atoms with Gasteiger partial charge in [0, 0.05) is 11.7 Å². The van der Waals surface area contributed by atoms with Crippen LogP contribution in [0.25, 0.3) is 5.69 Å². The highest BCUT2D eigenvalue weighted by molar-refractivity contribution is 7.89. The summed E-state index contributed by atoms with van der Waals surface area (Å²) in [6, 6.07) is 14.9. The first kappa shape index (κ1) is 16.7. The Kier molecular flexibility index (Phi) is 3.97. The molecule has 1 atom stereocenters. The largest absolute Gasteiger partial charge is 0.361 e. The number of nitrogens with zero attached hydrogens (tertiary/aromatic N) is 5. The predicted molar refractivity (Wildman–Crippen MR) is 96.3 cm³/mol. The number of hydrogen-bond acceptors (Lipinski definition) is 6. The lowest BCUT2D eigenvalue weighted by molar-refractivity contribution is 0.597. The number of para-hydroxylation sites is 1. The number of tetrazole rings is 1. The van der Waals surface area contributed by atoms with Crippen LogP contribution in [0.5, 0.6) is 0 Å². The molecule has 0 radical (unpaired) electrons. The van der Waals surface area contributed by atoms with Crippen LogP contribution >= 0.6 is 0 Å². The van der Waals surface area contributed by atoms with Gasteiger partial charge in [-0.05, 0) is 59.7 Å². The molecule has 2 heterocycles. The van der Waals surface area contributed by atoms with E-state index >= 15 is 0 Å². The summed E-state index contributed by atoms with van der Waals surface area (Å²) in [7, 11) is -3.71. The molecule has 0 fully saturated rings. The Bertz CT molecular complexity index is 1050. The van der Waals surface area contributed by atoms with E-state index < -0.39 is 10.0 Å². The monoisotopic (exact) mass is 370 g/mol. The lowest BCUT2D eigenvalue weighted by atomic mass is 10.1. The number of nitrogens with two attached hydrogens (primary N) is 1. The van der Waals surface area contributed by atoms with Gasteiger partial charge in [0.2, 0.25) is 10.0 Å². The molecule has 1 aliphatic rings. The van der Waals surface area contributed by atoms with E-state index in [-0.39, 0.29) is 10.9 Å². The molecule has 8 nitrogen and oxygen atoms in total. The minimum Gasteiger partial charge on any atom is -0.361 e. The average Bonchev–Trinajstić information content (AvgIpc) is 3.19. The highest BCUT2D eigenvalue weighted by Crippen LogP contribution is 2.34. The standard InChI is InChI=1S/C17H18N6O2S/c1-12-9-13-10-15(26(18,24)25)7-8-16(13)22(12)11-17-19-20-21-23(17)14-5-3-2-4-6-14/h2-8,10,12H,9,11H2,1H3,(H2,18,24,25)/t12-/m1/s1. The molecule has 26 heavy (non-hydrogen) atoms. The van der Waals surface area contributed by atoms with E-state index in [1.54, 1.807) is 22.9 Å². The van der Waals surface area contributed by atoms with Gasteiger partial charge in [0.05, 0.1) is 17.1 Å². The second-order valence-electron chi connectivity index (χ2n) is 6.36. The molecular weight excluding hydrogens is 352 g/mol. The summed E-state index contributed by atoms with van der Waals surface area (Å²) in [5.41, 5.74) is 2.83. The number of aromatic nitrogens is 4. The first-order chi connectivity index (χ1) is 12.4. The molecule has 0 saturated heterocycles. The highest BCUT2D eigenvalue weighted by Gasteiger charge is 2.28. The number of benzene rings is 2. The fourth-order valence-electron chi connectivity index (χ4n) is 3.32. The maximum Gasteiger partial charge on any atom is 0.238 e. The van der Waals surface area contributed by atoms with Crippen LogP contribution < -0.4 is 10.0 Å². The van der Waals surface area contributed by atoms with E-state index in [1.807, 2.05) is 30.3 Å². The minimum absolute atomic E-state index is 0.138. The van der Waals surface area contributed by atoms with Gasteiger partial charge < -0.3 is 4.90 Å². The third-order valence-corrected chi connectivity index (χ3v) is 5.49. The first-order valence-corrected chi connectivity index (χ1v) is 9.73. The second-order valence-corrected chi connectivity index (χ2v) is 7.92. The quantitative estimate of drug-likeness (QED) is 0.741. The van der Waals surface area contributed by atoms with Crippen molar-refractivity contribution in [2.75, 3.05) is 4.90 Å². The van der Waals surface area contributed by atoms with Crippen LogP contribution in [0.4, 0.5) is 5.69 Å². The summed E-state index contributed by atoms with van der Waals surface area (Å²) < 4.78 is 24.9. The van der Waals surface area contributed by atoms with Gasteiger partial charge in [0.25, 0.3) is 0 Å². The van der Waals surface area contributed by atoms with Gasteiger partial charge in [-0.2, -0.15) is 4.68 Å². The molecule has 1 aliphatic heterocycles. The Morgan fingerprint density at radius 1 is 1.19 bits per heavy atom. The summed E-state index contributed by atoms with van der Waals surface area (Å²) in [5, 5.41) is 17.3. The van der Waals surface area contributed by atoms with Crippen LogP contribution in [0.3, 0.4) is 0 Å². The van der Waals surface area contributed by atoms with E-state index in [9.17, 15) is 8.42 Å². The molecule has 0 spiro atoms. The lowest BCUT2D eigenvalue weighted by Gasteiger charge is -2.24. The molecule has 3 aromatic rings. The summed E-state index contributed by atoms with van der Waals surface area (Å²) in [6.07, 6.45) is 0.742. The van der Waals surface area contributed by atoms with Crippen molar-refractivity contribution in [1.82, 2.24) is 20.2 Å². The molecule has 134 valence electrons. The van der Waals surface area contributed by atoms with Crippen LogP contribution in [-0.2, 0) is 23.0 Å². The highest BCUT2D eigenvalue weighted by atomic mass is 32.2. The molecule has 0 unspecified atom stereocenters. The van der Waals surface area contributed by atoms with E-state index in [1.165, 1.54) is 0 Å². The van der Waals surface area contributed by atoms with Gasteiger partial charge in [-0.25, -0.2) is 13.6 Å². The number of anilines is 1. The third kappa shape index (κ3) is 2.95.